The third kappa shape index (κ3) is 11.2. The van der Waals surface area contributed by atoms with Crippen LogP contribution in [-0.4, -0.2) is 145 Å². The fourth-order valence-electron chi connectivity index (χ4n) is 11.4. The molecule has 410 valence electrons. The van der Waals surface area contributed by atoms with Crippen LogP contribution in [0.3, 0.4) is 0 Å². The predicted molar refractivity (Wildman–Crippen MR) is 264 cm³/mol. The van der Waals surface area contributed by atoms with Gasteiger partial charge in [-0.05, 0) is 90.5 Å². The SMILES string of the molecule is CC(=O)O[C@@]12CO[C@@H]1C[C@H](OC(=O)OCC(Cl)(Cl)Cl)[C@@]1(C)C(=O)[C@H](OC(=O)OCC(Cl)(Cl)Cl)C3=C(C)[C@@H](OC(=O)[C@@H]4OC(C)(C)N(C(=O)OC(C)(C)C)[C@H]4C4CC4)C[C@@](O)([C@@H](OC(=O)c4ccccc4)[C@H]21)C3(C)C. The first-order chi connectivity index (χ1) is 34.0. The number of aliphatic hydroxyl groups is 1. The number of ether oxygens (including phenoxy) is 10. The summed E-state index contributed by atoms with van der Waals surface area (Å²) in [7, 11) is 0. The first-order valence-electron chi connectivity index (χ1n) is 23.7. The average Bonchev–Trinajstić information content (AvgIpc) is 4.06. The molecule has 2 aliphatic heterocycles. The summed E-state index contributed by atoms with van der Waals surface area (Å²) >= 11 is 35.5. The van der Waals surface area contributed by atoms with Crippen molar-refractivity contribution < 1.29 is 86.0 Å². The highest BCUT2D eigenvalue weighted by atomic mass is 35.6. The van der Waals surface area contributed by atoms with Gasteiger partial charge >= 0.3 is 36.3 Å². The van der Waals surface area contributed by atoms with E-state index in [4.69, 9.17) is 117 Å². The highest BCUT2D eigenvalue weighted by Gasteiger charge is 2.79. The van der Waals surface area contributed by atoms with Crippen LogP contribution < -0.4 is 0 Å². The molecule has 1 amide bonds. The van der Waals surface area contributed by atoms with Gasteiger partial charge in [0, 0.05) is 25.2 Å². The Bertz CT molecular complexity index is 2450. The molecule has 1 aromatic carbocycles. The van der Waals surface area contributed by atoms with Crippen molar-refractivity contribution in [1.29, 1.82) is 0 Å². The molecule has 7 rings (SSSR count). The smallest absolute Gasteiger partial charge is 0.456 e. The van der Waals surface area contributed by atoms with Crippen molar-refractivity contribution in [3.05, 3.63) is 47.0 Å². The van der Waals surface area contributed by atoms with E-state index in [0.717, 1.165) is 6.92 Å². The van der Waals surface area contributed by atoms with E-state index in [0.29, 0.717) is 12.8 Å². The molecular weight excluding hydrogens is 1100 g/mol. The van der Waals surface area contributed by atoms with Crippen molar-refractivity contribution in [3.8, 4) is 0 Å². The van der Waals surface area contributed by atoms with Crippen LogP contribution in [0.25, 0.3) is 0 Å². The van der Waals surface area contributed by atoms with Crippen molar-refractivity contribution in [1.82, 2.24) is 4.90 Å². The molecule has 1 N–H and O–H groups in total. The van der Waals surface area contributed by atoms with Crippen LogP contribution in [0.15, 0.2) is 41.5 Å². The Morgan fingerprint density at radius 2 is 1.42 bits per heavy atom. The van der Waals surface area contributed by atoms with Crippen molar-refractivity contribution in [3.63, 3.8) is 0 Å². The number of fused-ring (bicyclic) bond motifs is 5. The fourth-order valence-corrected chi connectivity index (χ4v) is 11.8. The van der Waals surface area contributed by atoms with E-state index in [1.165, 1.54) is 44.7 Å². The number of carbonyl (C=O) groups excluding carboxylic acids is 7. The molecule has 2 saturated heterocycles. The number of esters is 3. The Morgan fingerprint density at radius 1 is 0.838 bits per heavy atom. The molecule has 0 aromatic heterocycles. The Hall–Kier alpha value is -3.53. The monoisotopic (exact) mass is 1160 g/mol. The molecule has 0 spiro atoms. The number of ketones is 1. The molecule has 2 heterocycles. The van der Waals surface area contributed by atoms with Gasteiger partial charge in [-0.2, -0.15) is 0 Å². The van der Waals surface area contributed by atoms with Crippen LogP contribution in [0.4, 0.5) is 14.4 Å². The Kier molecular flexibility index (Phi) is 16.0. The van der Waals surface area contributed by atoms with Gasteiger partial charge in [0.05, 0.1) is 29.5 Å². The highest BCUT2D eigenvalue weighted by molar-refractivity contribution is 6.68. The number of hydrogen-bond acceptors (Lipinski definition) is 18. The summed E-state index contributed by atoms with van der Waals surface area (Å²) < 4.78 is 55.2. The molecular formula is C49H59Cl6NO18. The van der Waals surface area contributed by atoms with Crippen LogP contribution in [-0.2, 0) is 61.8 Å². The van der Waals surface area contributed by atoms with Gasteiger partial charge in [-0.1, -0.05) is 102 Å². The van der Waals surface area contributed by atoms with Gasteiger partial charge in [-0.3, -0.25) is 14.5 Å². The lowest BCUT2D eigenvalue weighted by Gasteiger charge is -2.67. The van der Waals surface area contributed by atoms with E-state index in [9.17, 15) is 33.9 Å². The summed E-state index contributed by atoms with van der Waals surface area (Å²) in [6.45, 7) is 13.0. The minimum absolute atomic E-state index is 0.0175. The summed E-state index contributed by atoms with van der Waals surface area (Å²) in [5, 5.41) is 14.1. The van der Waals surface area contributed by atoms with E-state index < -0.39 is 164 Å². The maximum Gasteiger partial charge on any atom is 0.509 e. The zero-order valence-corrected chi connectivity index (χ0v) is 46.7. The third-order valence-electron chi connectivity index (χ3n) is 14.8. The van der Waals surface area contributed by atoms with E-state index >= 15 is 4.79 Å². The number of rotatable bonds is 10. The topological polar surface area (TPSA) is 235 Å². The molecule has 3 saturated carbocycles. The summed E-state index contributed by atoms with van der Waals surface area (Å²) in [4.78, 5) is 102. The van der Waals surface area contributed by atoms with Crippen LogP contribution in [0.5, 0.6) is 0 Å². The lowest BCUT2D eigenvalue weighted by molar-refractivity contribution is -0.346. The van der Waals surface area contributed by atoms with Gasteiger partial charge in [0.1, 0.15) is 54.6 Å². The first-order valence-corrected chi connectivity index (χ1v) is 26.0. The number of alkyl halides is 6. The van der Waals surface area contributed by atoms with Gasteiger partial charge in [0.25, 0.3) is 0 Å². The van der Waals surface area contributed by atoms with E-state index in [1.807, 2.05) is 0 Å². The lowest BCUT2D eigenvalue weighted by Crippen LogP contribution is -2.82. The molecule has 2 bridgehead atoms. The van der Waals surface area contributed by atoms with Crippen LogP contribution >= 0.6 is 69.6 Å². The number of Topliss-reactive ketones (excluding diaryl/α,β-unsaturated/α-hetero) is 1. The van der Waals surface area contributed by atoms with Gasteiger partial charge in [0.2, 0.25) is 7.59 Å². The second-order valence-electron chi connectivity index (χ2n) is 21.8. The average molecular weight is 1160 g/mol. The van der Waals surface area contributed by atoms with E-state index in [1.54, 1.807) is 52.8 Å². The van der Waals surface area contributed by atoms with Crippen LogP contribution in [0, 0.1) is 22.7 Å². The lowest BCUT2D eigenvalue weighted by atomic mass is 9.44. The van der Waals surface area contributed by atoms with Crippen molar-refractivity contribution in [2.75, 3.05) is 19.8 Å². The maximum absolute atomic E-state index is 16.4. The van der Waals surface area contributed by atoms with Crippen LogP contribution in [0.2, 0.25) is 0 Å². The second kappa shape index (κ2) is 20.4. The number of halogens is 6. The van der Waals surface area contributed by atoms with Crippen molar-refractivity contribution >= 4 is 112 Å². The molecule has 0 radical (unpaired) electrons. The van der Waals surface area contributed by atoms with E-state index in [2.05, 4.69) is 0 Å². The number of carbonyl (C=O) groups is 7. The second-order valence-corrected chi connectivity index (χ2v) is 26.8. The Balaban J connectivity index is 1.45. The number of benzene rings is 1. The zero-order valence-electron chi connectivity index (χ0n) is 42.1. The molecule has 19 nitrogen and oxygen atoms in total. The molecule has 25 heteroatoms. The fraction of sp³-hybridized carbons (Fsp3) is 0.694. The van der Waals surface area contributed by atoms with Crippen LogP contribution in [0.1, 0.15) is 105 Å². The first kappa shape index (κ1) is 58.2. The summed E-state index contributed by atoms with van der Waals surface area (Å²) in [5.74, 6) is -6.01. The molecule has 1 aromatic rings. The van der Waals surface area contributed by atoms with Gasteiger partial charge in [-0.25, -0.2) is 24.0 Å². The number of amides is 1. The Labute approximate surface area is 457 Å². The minimum atomic E-state index is -2.58. The molecule has 0 unspecified atom stereocenters. The van der Waals surface area contributed by atoms with Crippen molar-refractivity contribution in [2.24, 2.45) is 22.7 Å². The predicted octanol–water partition coefficient (Wildman–Crippen LogP) is 8.85. The quantitative estimate of drug-likeness (QED) is 0.0996. The maximum atomic E-state index is 16.4. The highest BCUT2D eigenvalue weighted by Crippen LogP contribution is 2.65. The largest absolute Gasteiger partial charge is 0.509 e. The summed E-state index contributed by atoms with van der Waals surface area (Å²) in [5.41, 5.74) is -11.3. The van der Waals surface area contributed by atoms with Crippen molar-refractivity contribution in [2.45, 2.75) is 168 Å². The summed E-state index contributed by atoms with van der Waals surface area (Å²) in [6.07, 6.45) is -13.7. The molecule has 74 heavy (non-hydrogen) atoms. The Morgan fingerprint density at radius 3 is 1.93 bits per heavy atom. The molecule has 4 aliphatic carbocycles. The number of nitrogens with zero attached hydrogens (tertiary/aromatic N) is 1. The third-order valence-corrected chi connectivity index (χ3v) is 15.5. The molecule has 11 atom stereocenters. The van der Waals surface area contributed by atoms with E-state index in [-0.39, 0.29) is 22.6 Å². The number of hydrogen-bond donors (Lipinski definition) is 1. The molecule has 5 fully saturated rings. The van der Waals surface area contributed by atoms with Gasteiger partial charge in [0.15, 0.2) is 23.6 Å². The summed E-state index contributed by atoms with van der Waals surface area (Å²) in [6, 6.07) is 6.74. The molecule has 6 aliphatic rings. The zero-order chi connectivity index (χ0) is 55.1. The van der Waals surface area contributed by atoms with Gasteiger partial charge in [-0.15, -0.1) is 0 Å². The standard InChI is InChI=1S/C49H59Cl6NO18/c1-23-27(68-38(60)33-31(25-16-17-25)56(44(8,9)73-33)39(61)74-42(3,4)5)19-47(64)36(71-37(59)26-14-12-11-13-15-26)34-45(10,35(58)32(30(23)43(47,6)7)70-41(63)67-22-49(53,54)55)28(69-40(62)66-21-48(50,51)52)18-29-46(34,20-65-29)72-24(2)57/h11-15,25,27-29,31-34,36,64H,16-22H2,1-10H3/t27-,28-,29+,31-,32+,33+,34-,36-,45+,46-,47+/m0/s1. The normalized spacial score (nSPS) is 33.3. The minimum Gasteiger partial charge on any atom is -0.456 e. The van der Waals surface area contributed by atoms with Gasteiger partial charge < -0.3 is 52.5 Å².